The molecule has 1 N–H and O–H groups in total. The topological polar surface area (TPSA) is 50.8 Å². The van der Waals surface area contributed by atoms with Crippen molar-refractivity contribution in [3.63, 3.8) is 0 Å². The highest BCUT2D eigenvalue weighted by Crippen LogP contribution is 2.28. The molecule has 0 atom stereocenters. The van der Waals surface area contributed by atoms with Crippen LogP contribution in [0.25, 0.3) is 22.6 Å². The number of ether oxygens (including phenoxy) is 1. The van der Waals surface area contributed by atoms with Gasteiger partial charge in [0.2, 0.25) is 5.88 Å². The minimum absolute atomic E-state index is 0.313. The van der Waals surface area contributed by atoms with Crippen molar-refractivity contribution < 1.29 is 9.13 Å². The largest absolute Gasteiger partial charge is 0.478 e. The van der Waals surface area contributed by atoms with Crippen LogP contribution in [-0.2, 0) is 0 Å². The summed E-state index contributed by atoms with van der Waals surface area (Å²) in [7, 11) is 0. The summed E-state index contributed by atoms with van der Waals surface area (Å²) in [5.74, 6) is 0.774. The molecule has 0 spiro atoms. The molecule has 3 rings (SSSR count). The number of hydrogen-bond donors (Lipinski definition) is 1. The molecule has 0 aliphatic carbocycles. The van der Waals surface area contributed by atoms with Gasteiger partial charge >= 0.3 is 0 Å². The van der Waals surface area contributed by atoms with E-state index in [0.29, 0.717) is 29.5 Å². The van der Waals surface area contributed by atoms with Gasteiger partial charge in [-0.2, -0.15) is 4.98 Å². The number of imidazole rings is 1. The van der Waals surface area contributed by atoms with Crippen molar-refractivity contribution in [2.45, 2.75) is 6.92 Å². The maximum absolute atomic E-state index is 13.4. The Kier molecular flexibility index (Phi) is 3.40. The average Bonchev–Trinajstić information content (AvgIpc) is 2.85. The zero-order chi connectivity index (χ0) is 14.1. The molecule has 0 amide bonds. The Morgan fingerprint density at radius 2 is 2.10 bits per heavy atom. The van der Waals surface area contributed by atoms with Gasteiger partial charge in [0.25, 0.3) is 0 Å². The SMILES string of the molecule is CCOc1ccc2[nH]c(-c3cc(F)ccc3Br)nc2n1. The van der Waals surface area contributed by atoms with Crippen LogP contribution in [0, 0.1) is 5.82 Å². The van der Waals surface area contributed by atoms with Gasteiger partial charge in [-0.15, -0.1) is 0 Å². The number of nitrogens with one attached hydrogen (secondary N) is 1. The molecule has 0 fully saturated rings. The second-order valence-corrected chi connectivity index (χ2v) is 5.02. The lowest BCUT2D eigenvalue weighted by Gasteiger charge is -2.00. The Hall–Kier alpha value is -1.95. The molecule has 3 aromatic rings. The third-order valence-electron chi connectivity index (χ3n) is 2.80. The summed E-state index contributed by atoms with van der Waals surface area (Å²) in [6.45, 7) is 2.44. The minimum Gasteiger partial charge on any atom is -0.478 e. The highest BCUT2D eigenvalue weighted by Gasteiger charge is 2.11. The van der Waals surface area contributed by atoms with Gasteiger partial charge in [0.05, 0.1) is 12.1 Å². The molecule has 4 nitrogen and oxygen atoms in total. The van der Waals surface area contributed by atoms with Gasteiger partial charge < -0.3 is 9.72 Å². The number of H-pyrrole nitrogens is 1. The van der Waals surface area contributed by atoms with Crippen LogP contribution in [-0.4, -0.2) is 21.6 Å². The fraction of sp³-hybridized carbons (Fsp3) is 0.143. The van der Waals surface area contributed by atoms with Crippen LogP contribution in [0.4, 0.5) is 4.39 Å². The molecule has 0 aliphatic heterocycles. The Morgan fingerprint density at radius 1 is 1.25 bits per heavy atom. The first-order valence-electron chi connectivity index (χ1n) is 6.12. The van der Waals surface area contributed by atoms with Gasteiger partial charge in [-0.1, -0.05) is 15.9 Å². The van der Waals surface area contributed by atoms with Crippen molar-refractivity contribution >= 4 is 27.1 Å². The van der Waals surface area contributed by atoms with Gasteiger partial charge in [-0.3, -0.25) is 0 Å². The van der Waals surface area contributed by atoms with Gasteiger partial charge in [0, 0.05) is 16.1 Å². The Balaban J connectivity index is 2.10. The van der Waals surface area contributed by atoms with Gasteiger partial charge in [0.15, 0.2) is 5.65 Å². The molecule has 20 heavy (non-hydrogen) atoms. The van der Waals surface area contributed by atoms with Crippen LogP contribution in [0.5, 0.6) is 5.88 Å². The summed E-state index contributed by atoms with van der Waals surface area (Å²) < 4.78 is 19.5. The monoisotopic (exact) mass is 335 g/mol. The summed E-state index contributed by atoms with van der Waals surface area (Å²) in [6, 6.07) is 8.08. The Morgan fingerprint density at radius 3 is 2.90 bits per heavy atom. The Bertz CT molecular complexity index is 772. The number of fused-ring (bicyclic) bond motifs is 1. The number of pyridine rings is 1. The number of aromatic amines is 1. The molecule has 0 bridgehead atoms. The zero-order valence-corrected chi connectivity index (χ0v) is 12.2. The number of halogens is 2. The van der Waals surface area contributed by atoms with Crippen LogP contribution in [0.3, 0.4) is 0 Å². The summed E-state index contributed by atoms with van der Waals surface area (Å²) in [5, 5.41) is 0. The average molecular weight is 336 g/mol. The van der Waals surface area contributed by atoms with Gasteiger partial charge in [-0.25, -0.2) is 9.37 Å². The normalized spacial score (nSPS) is 10.9. The third-order valence-corrected chi connectivity index (χ3v) is 3.49. The highest BCUT2D eigenvalue weighted by molar-refractivity contribution is 9.10. The molecular formula is C14H11BrFN3O. The standard InChI is InChI=1S/C14H11BrFN3O/c1-2-20-12-6-5-11-14(18-12)19-13(17-11)9-7-8(16)3-4-10(9)15/h3-7H,2H2,1H3,(H,17,18,19). The molecule has 0 saturated heterocycles. The lowest BCUT2D eigenvalue weighted by molar-refractivity contribution is 0.328. The molecular weight excluding hydrogens is 325 g/mol. The molecule has 0 saturated carbocycles. The molecule has 102 valence electrons. The van der Waals surface area contributed by atoms with E-state index in [-0.39, 0.29) is 5.82 Å². The zero-order valence-electron chi connectivity index (χ0n) is 10.7. The van der Waals surface area contributed by atoms with Crippen molar-refractivity contribution in [2.24, 2.45) is 0 Å². The summed E-state index contributed by atoms with van der Waals surface area (Å²) in [6.07, 6.45) is 0. The van der Waals surface area contributed by atoms with Crippen molar-refractivity contribution in [1.29, 1.82) is 0 Å². The summed E-state index contributed by atoms with van der Waals surface area (Å²) in [5.41, 5.74) is 1.97. The summed E-state index contributed by atoms with van der Waals surface area (Å²) in [4.78, 5) is 11.8. The van der Waals surface area contributed by atoms with E-state index in [0.717, 1.165) is 9.99 Å². The van der Waals surface area contributed by atoms with Crippen LogP contribution in [0.2, 0.25) is 0 Å². The van der Waals surface area contributed by atoms with Gasteiger partial charge in [-0.05, 0) is 31.2 Å². The smallest absolute Gasteiger partial charge is 0.215 e. The number of aromatic nitrogens is 3. The molecule has 6 heteroatoms. The molecule has 2 heterocycles. The van der Waals surface area contributed by atoms with E-state index in [1.54, 1.807) is 12.1 Å². The van der Waals surface area contributed by atoms with Crippen LogP contribution in [0.1, 0.15) is 6.92 Å². The van der Waals surface area contributed by atoms with Crippen molar-refractivity contribution in [3.05, 3.63) is 40.6 Å². The maximum Gasteiger partial charge on any atom is 0.215 e. The molecule has 0 radical (unpaired) electrons. The van der Waals surface area contributed by atoms with Crippen LogP contribution in [0.15, 0.2) is 34.8 Å². The molecule has 2 aromatic heterocycles. The van der Waals surface area contributed by atoms with Gasteiger partial charge in [0.1, 0.15) is 11.6 Å². The highest BCUT2D eigenvalue weighted by atomic mass is 79.9. The predicted molar refractivity (Wildman–Crippen MR) is 78.2 cm³/mol. The maximum atomic E-state index is 13.4. The van der Waals surface area contributed by atoms with Crippen molar-refractivity contribution in [2.75, 3.05) is 6.61 Å². The second-order valence-electron chi connectivity index (χ2n) is 4.16. The molecule has 0 unspecified atom stereocenters. The van der Waals surface area contributed by atoms with E-state index in [9.17, 15) is 4.39 Å². The predicted octanol–water partition coefficient (Wildman–Crippen LogP) is 3.93. The van der Waals surface area contributed by atoms with E-state index >= 15 is 0 Å². The number of nitrogens with zero attached hydrogens (tertiary/aromatic N) is 2. The first-order chi connectivity index (χ1) is 9.67. The first kappa shape index (κ1) is 13.1. The second kappa shape index (κ2) is 5.20. The molecule has 0 aliphatic rings. The quantitative estimate of drug-likeness (QED) is 0.789. The van der Waals surface area contributed by atoms with Crippen LogP contribution >= 0.6 is 15.9 Å². The Labute approximate surface area is 123 Å². The minimum atomic E-state index is -0.313. The summed E-state index contributed by atoms with van der Waals surface area (Å²) >= 11 is 3.39. The van der Waals surface area contributed by atoms with E-state index in [1.807, 2.05) is 13.0 Å². The fourth-order valence-electron chi connectivity index (χ4n) is 1.91. The molecule has 1 aromatic carbocycles. The lowest BCUT2D eigenvalue weighted by Crippen LogP contribution is -1.93. The van der Waals surface area contributed by atoms with E-state index in [4.69, 9.17) is 4.74 Å². The number of benzene rings is 1. The third kappa shape index (κ3) is 2.38. The van der Waals surface area contributed by atoms with Crippen molar-refractivity contribution in [1.82, 2.24) is 15.0 Å². The van der Waals surface area contributed by atoms with E-state index in [2.05, 4.69) is 30.9 Å². The van der Waals surface area contributed by atoms with E-state index in [1.165, 1.54) is 12.1 Å². The van der Waals surface area contributed by atoms with Crippen LogP contribution < -0.4 is 4.74 Å². The number of hydrogen-bond acceptors (Lipinski definition) is 3. The van der Waals surface area contributed by atoms with E-state index < -0.39 is 0 Å². The van der Waals surface area contributed by atoms with Crippen molar-refractivity contribution in [3.8, 4) is 17.3 Å². The number of rotatable bonds is 3. The fourth-order valence-corrected chi connectivity index (χ4v) is 2.34. The first-order valence-corrected chi connectivity index (χ1v) is 6.91. The lowest BCUT2D eigenvalue weighted by atomic mass is 10.2.